The maximum absolute atomic E-state index is 12.9. The Morgan fingerprint density at radius 3 is 2.27 bits per heavy atom. The normalized spacial score (nSPS) is 13.0. The second-order valence-electron chi connectivity index (χ2n) is 10.9. The smallest absolute Gasteiger partial charge is 0.416 e. The maximum atomic E-state index is 12.9. The van der Waals surface area contributed by atoms with Crippen LogP contribution in [0.2, 0.25) is 0 Å². The van der Waals surface area contributed by atoms with Crippen LogP contribution in [0.25, 0.3) is 0 Å². The maximum Gasteiger partial charge on any atom is 0.416 e. The number of aryl methyl sites for hydroxylation is 1. The number of carbonyl (C=O) groups excluding carboxylic acids is 3. The number of nitrogens with one attached hydrogen (secondary N) is 4. The third-order valence-corrected chi connectivity index (χ3v) is 6.26. The van der Waals surface area contributed by atoms with E-state index in [9.17, 15) is 32.3 Å². The first-order valence-electron chi connectivity index (χ1n) is 13.7. The molecular formula is C30H35F3N6O5. The van der Waals surface area contributed by atoms with Gasteiger partial charge in [-0.1, -0.05) is 12.1 Å². The van der Waals surface area contributed by atoms with Gasteiger partial charge in [0.1, 0.15) is 11.4 Å². The Balaban J connectivity index is 0.000000369. The van der Waals surface area contributed by atoms with E-state index < -0.39 is 29.2 Å². The lowest BCUT2D eigenvalue weighted by Gasteiger charge is -2.23. The van der Waals surface area contributed by atoms with Crippen LogP contribution in [0.1, 0.15) is 65.5 Å². The van der Waals surface area contributed by atoms with E-state index in [1.807, 2.05) is 20.8 Å². The van der Waals surface area contributed by atoms with Gasteiger partial charge in [0, 0.05) is 43.3 Å². The molecule has 0 bridgehead atoms. The molecule has 1 saturated heterocycles. The fourth-order valence-corrected chi connectivity index (χ4v) is 4.05. The number of aromatic nitrogens is 2. The van der Waals surface area contributed by atoms with Gasteiger partial charge >= 0.3 is 18.0 Å². The minimum atomic E-state index is -4.57. The number of hydrogen-bond donors (Lipinski definition) is 4. The molecule has 3 aromatic rings. The van der Waals surface area contributed by atoms with Crippen LogP contribution < -0.4 is 21.6 Å². The molecule has 0 unspecified atom stereocenters. The SMILES string of the molecule is CC(C)(C)OC(=O)N1CCCC1.CNc1[nH]c(=O)ncc1C(=O)Nc1cc(NC(=O)c2cccc(C(F)(F)F)c2)ccc1C. The van der Waals surface area contributed by atoms with Crippen LogP contribution >= 0.6 is 0 Å². The van der Waals surface area contributed by atoms with Crippen molar-refractivity contribution < 1.29 is 32.3 Å². The van der Waals surface area contributed by atoms with Crippen LogP contribution in [0.4, 0.5) is 35.2 Å². The summed E-state index contributed by atoms with van der Waals surface area (Å²) in [6, 6.07) is 8.70. The molecular weight excluding hydrogens is 581 g/mol. The highest BCUT2D eigenvalue weighted by Gasteiger charge is 2.31. The first-order valence-corrected chi connectivity index (χ1v) is 13.7. The minimum absolute atomic E-state index is 0.0879. The largest absolute Gasteiger partial charge is 0.444 e. The molecule has 4 rings (SSSR count). The van der Waals surface area contributed by atoms with E-state index in [4.69, 9.17) is 4.74 Å². The first kappa shape index (κ1) is 33.6. The molecule has 0 radical (unpaired) electrons. The van der Waals surface area contributed by atoms with Crippen LogP contribution in [0.15, 0.2) is 53.5 Å². The monoisotopic (exact) mass is 616 g/mol. The summed E-state index contributed by atoms with van der Waals surface area (Å²) in [7, 11) is 1.53. The van der Waals surface area contributed by atoms with Crippen molar-refractivity contribution in [2.45, 2.75) is 52.3 Å². The summed E-state index contributed by atoms with van der Waals surface area (Å²) >= 11 is 0. The molecule has 1 aliphatic heterocycles. The van der Waals surface area contributed by atoms with Crippen molar-refractivity contribution in [3.63, 3.8) is 0 Å². The molecule has 236 valence electrons. The van der Waals surface area contributed by atoms with Crippen molar-refractivity contribution in [2.24, 2.45) is 0 Å². The van der Waals surface area contributed by atoms with Crippen LogP contribution in [0, 0.1) is 6.92 Å². The summed E-state index contributed by atoms with van der Waals surface area (Å²) in [5, 5.41) is 7.87. The number of nitrogens with zero attached hydrogens (tertiary/aromatic N) is 2. The molecule has 1 aliphatic rings. The first-order chi connectivity index (χ1) is 20.6. The summed E-state index contributed by atoms with van der Waals surface area (Å²) in [4.78, 5) is 55.5. The quantitative estimate of drug-likeness (QED) is 0.289. The minimum Gasteiger partial charge on any atom is -0.444 e. The lowest BCUT2D eigenvalue weighted by Crippen LogP contribution is -2.34. The van der Waals surface area contributed by atoms with Gasteiger partial charge in [-0.25, -0.2) is 14.6 Å². The Morgan fingerprint density at radius 2 is 1.66 bits per heavy atom. The number of H-pyrrole nitrogens is 1. The standard InChI is InChI=1S/C21H18F3N5O3.C9H17NO2/c1-11-6-7-14(27-18(30)12-4-3-5-13(8-12)21(22,23)24)9-16(11)28-19(31)15-10-26-20(32)29-17(15)25-2;1-9(2,3)12-8(11)10-6-4-5-7-10/h3-10H,1-2H3,(H,27,30)(H,28,31)(H2,25,26,29,32);4-7H2,1-3H3. The molecule has 3 amide bonds. The predicted octanol–water partition coefficient (Wildman–Crippen LogP) is 5.66. The molecule has 0 atom stereocenters. The average molecular weight is 617 g/mol. The fourth-order valence-electron chi connectivity index (χ4n) is 4.05. The van der Waals surface area contributed by atoms with Gasteiger partial charge in [0.05, 0.1) is 11.1 Å². The molecule has 0 aliphatic carbocycles. The fraction of sp³-hybridized carbons (Fsp3) is 0.367. The molecule has 44 heavy (non-hydrogen) atoms. The second kappa shape index (κ2) is 14.1. The highest BCUT2D eigenvalue weighted by molar-refractivity contribution is 6.08. The Kier molecular flexibility index (Phi) is 10.7. The highest BCUT2D eigenvalue weighted by atomic mass is 19.4. The van der Waals surface area contributed by atoms with Crippen LogP contribution in [-0.2, 0) is 10.9 Å². The molecule has 0 saturated carbocycles. The van der Waals surface area contributed by atoms with E-state index in [1.54, 1.807) is 24.0 Å². The number of rotatable bonds is 5. The third-order valence-electron chi connectivity index (χ3n) is 6.26. The zero-order valence-corrected chi connectivity index (χ0v) is 25.0. The lowest BCUT2D eigenvalue weighted by atomic mass is 10.1. The van der Waals surface area contributed by atoms with Crippen LogP contribution in [0.5, 0.6) is 0 Å². The van der Waals surface area contributed by atoms with Crippen molar-refractivity contribution in [3.05, 3.63) is 81.4 Å². The van der Waals surface area contributed by atoms with Gasteiger partial charge in [-0.2, -0.15) is 13.2 Å². The molecule has 0 spiro atoms. The summed E-state index contributed by atoms with van der Waals surface area (Å²) < 4.78 is 43.9. The number of benzene rings is 2. The van der Waals surface area contributed by atoms with E-state index in [0.717, 1.165) is 50.3 Å². The third kappa shape index (κ3) is 9.57. The van der Waals surface area contributed by atoms with Crippen LogP contribution in [-0.4, -0.2) is 58.5 Å². The van der Waals surface area contributed by atoms with E-state index in [2.05, 4.69) is 25.9 Å². The number of aromatic amines is 1. The predicted molar refractivity (Wildman–Crippen MR) is 160 cm³/mol. The van der Waals surface area contributed by atoms with Gasteiger partial charge < -0.3 is 25.6 Å². The van der Waals surface area contributed by atoms with E-state index >= 15 is 0 Å². The molecule has 1 fully saturated rings. The molecule has 11 nitrogen and oxygen atoms in total. The number of hydrogen-bond acceptors (Lipinski definition) is 7. The van der Waals surface area contributed by atoms with Crippen molar-refractivity contribution in [1.82, 2.24) is 14.9 Å². The summed E-state index contributed by atoms with van der Waals surface area (Å²) in [5.74, 6) is -1.13. The average Bonchev–Trinajstić information content (AvgIpc) is 3.49. The number of halogens is 3. The molecule has 2 heterocycles. The van der Waals surface area contributed by atoms with Crippen molar-refractivity contribution >= 4 is 35.1 Å². The van der Waals surface area contributed by atoms with Crippen molar-refractivity contribution in [3.8, 4) is 0 Å². The summed E-state index contributed by atoms with van der Waals surface area (Å²) in [6.45, 7) is 9.10. The Bertz CT molecular complexity index is 1560. The Hall–Kier alpha value is -4.88. The van der Waals surface area contributed by atoms with E-state index in [-0.39, 0.29) is 34.3 Å². The van der Waals surface area contributed by atoms with Gasteiger partial charge in [0.2, 0.25) is 0 Å². The van der Waals surface area contributed by atoms with Crippen LogP contribution in [0.3, 0.4) is 0 Å². The van der Waals surface area contributed by atoms with Crippen molar-refractivity contribution in [2.75, 3.05) is 36.1 Å². The number of likely N-dealkylation sites (tertiary alicyclic amines) is 1. The molecule has 4 N–H and O–H groups in total. The Labute approximate surface area is 252 Å². The Morgan fingerprint density at radius 1 is 0.977 bits per heavy atom. The van der Waals surface area contributed by atoms with Crippen molar-refractivity contribution in [1.29, 1.82) is 0 Å². The van der Waals surface area contributed by atoms with E-state index in [0.29, 0.717) is 11.3 Å². The lowest BCUT2D eigenvalue weighted by molar-refractivity contribution is -0.137. The number of carbonyl (C=O) groups is 3. The van der Waals surface area contributed by atoms with Gasteiger partial charge in [-0.05, 0) is 76.4 Å². The number of anilines is 3. The molecule has 1 aromatic heterocycles. The van der Waals surface area contributed by atoms with Gasteiger partial charge in [-0.3, -0.25) is 14.6 Å². The zero-order chi connectivity index (χ0) is 32.7. The zero-order valence-electron chi connectivity index (χ0n) is 25.0. The summed E-state index contributed by atoms with van der Waals surface area (Å²) in [5.41, 5.74) is -0.711. The van der Waals surface area contributed by atoms with Gasteiger partial charge in [0.15, 0.2) is 0 Å². The number of alkyl halides is 3. The molecule has 2 aromatic carbocycles. The number of amides is 3. The highest BCUT2D eigenvalue weighted by Crippen LogP contribution is 2.30. The number of ether oxygens (including phenoxy) is 1. The van der Waals surface area contributed by atoms with Gasteiger partial charge in [0.25, 0.3) is 11.8 Å². The van der Waals surface area contributed by atoms with Gasteiger partial charge in [-0.15, -0.1) is 0 Å². The molecule has 14 heteroatoms. The van der Waals surface area contributed by atoms with E-state index in [1.165, 1.54) is 19.2 Å². The summed E-state index contributed by atoms with van der Waals surface area (Å²) in [6.07, 6.45) is -1.40. The topological polar surface area (TPSA) is 146 Å². The second-order valence-corrected chi connectivity index (χ2v) is 10.9.